The van der Waals surface area contributed by atoms with Crippen molar-refractivity contribution in [3.8, 4) is 0 Å². The molecule has 0 spiro atoms. The van der Waals surface area contributed by atoms with Gasteiger partial charge in [-0.05, 0) is 23.8 Å². The highest BCUT2D eigenvalue weighted by Crippen LogP contribution is 1.95. The van der Waals surface area contributed by atoms with Gasteiger partial charge in [-0.2, -0.15) is 0 Å². The third-order valence-electron chi connectivity index (χ3n) is 0.632. The van der Waals surface area contributed by atoms with Gasteiger partial charge in [-0.25, -0.2) is 4.98 Å². The van der Waals surface area contributed by atoms with Crippen LogP contribution in [-0.2, 0) is 6.61 Å². The molecule has 0 aromatic carbocycles. The number of hydrogen-bond acceptors (Lipinski definition) is 4. The van der Waals surface area contributed by atoms with E-state index in [1.165, 1.54) is 11.5 Å². The summed E-state index contributed by atoms with van der Waals surface area (Å²) in [5, 5.41) is 8.42. The molecule has 0 fully saturated rings. The van der Waals surface area contributed by atoms with Crippen molar-refractivity contribution in [2.24, 2.45) is 0 Å². The Morgan fingerprint density at radius 3 is 2.88 bits per heavy atom. The molecular weight excluding hydrogens is 144 g/mol. The smallest absolute Gasteiger partial charge is 0.198 e. The summed E-state index contributed by atoms with van der Waals surface area (Å²) in [6.07, 6.45) is 0. The van der Waals surface area contributed by atoms with Crippen LogP contribution in [0.2, 0.25) is 0 Å². The first-order chi connectivity index (χ1) is 3.83. The van der Waals surface area contributed by atoms with Crippen molar-refractivity contribution in [2.45, 2.75) is 6.61 Å². The van der Waals surface area contributed by atoms with Crippen molar-refractivity contribution in [1.29, 1.82) is 0 Å². The van der Waals surface area contributed by atoms with Crippen LogP contribution in [0.25, 0.3) is 0 Å². The molecule has 3 nitrogen and oxygen atoms in total. The van der Waals surface area contributed by atoms with Crippen LogP contribution in [0.5, 0.6) is 0 Å². The number of rotatable bonds is 1. The van der Waals surface area contributed by atoms with Gasteiger partial charge in [0.15, 0.2) is 3.95 Å². The van der Waals surface area contributed by atoms with Gasteiger partial charge in [0.2, 0.25) is 0 Å². The number of aromatic nitrogens is 2. The molecule has 44 valence electrons. The number of hydrogen-bond donors (Lipinski definition) is 2. The fourth-order valence-electron chi connectivity index (χ4n) is 0.326. The number of aliphatic hydroxyl groups is 1. The minimum Gasteiger partial charge on any atom is -0.388 e. The quantitative estimate of drug-likeness (QED) is 0.576. The Morgan fingerprint density at radius 2 is 2.62 bits per heavy atom. The predicted octanol–water partition coefficient (Wildman–Crippen LogP) is 0.693. The predicted molar refractivity (Wildman–Crippen MR) is 33.2 cm³/mol. The highest BCUT2D eigenvalue weighted by molar-refractivity contribution is 7.73. The molecule has 0 atom stereocenters. The second-order valence-corrected chi connectivity index (χ2v) is 2.63. The van der Waals surface area contributed by atoms with Crippen LogP contribution >= 0.6 is 23.8 Å². The summed E-state index contributed by atoms with van der Waals surface area (Å²) in [6, 6.07) is 0. The summed E-state index contributed by atoms with van der Waals surface area (Å²) in [6.45, 7) is -0.0624. The maximum absolute atomic E-state index is 8.42. The van der Waals surface area contributed by atoms with Crippen molar-refractivity contribution in [3.63, 3.8) is 0 Å². The molecule has 1 aromatic rings. The molecule has 0 saturated heterocycles. The zero-order valence-electron chi connectivity index (χ0n) is 3.92. The maximum atomic E-state index is 8.42. The molecule has 1 rings (SSSR count). The number of aliphatic hydroxyl groups excluding tert-OH is 1. The van der Waals surface area contributed by atoms with Gasteiger partial charge >= 0.3 is 0 Å². The van der Waals surface area contributed by atoms with Crippen molar-refractivity contribution >= 4 is 23.8 Å². The van der Waals surface area contributed by atoms with Gasteiger partial charge in [0.25, 0.3) is 0 Å². The normalized spacial score (nSPS) is 9.62. The summed E-state index contributed by atoms with van der Waals surface area (Å²) in [4.78, 5) is 3.76. The molecule has 1 heterocycles. The Balaban J connectivity index is 3.01. The van der Waals surface area contributed by atoms with Gasteiger partial charge in [-0.3, -0.25) is 4.37 Å². The van der Waals surface area contributed by atoms with E-state index in [1.54, 1.807) is 0 Å². The van der Waals surface area contributed by atoms with Gasteiger partial charge in [-0.1, -0.05) is 0 Å². The molecule has 0 saturated carbocycles. The lowest BCUT2D eigenvalue weighted by Crippen LogP contribution is -1.82. The highest BCUT2D eigenvalue weighted by atomic mass is 32.2. The summed E-state index contributed by atoms with van der Waals surface area (Å²) < 4.78 is 3.27. The van der Waals surface area contributed by atoms with E-state index >= 15 is 0 Å². The van der Waals surface area contributed by atoms with Crippen molar-refractivity contribution in [2.75, 3.05) is 0 Å². The Kier molecular flexibility index (Phi) is 1.72. The van der Waals surface area contributed by atoms with Gasteiger partial charge in [0, 0.05) is 0 Å². The Labute approximate surface area is 55.2 Å². The third kappa shape index (κ3) is 1.12. The van der Waals surface area contributed by atoms with Crippen molar-refractivity contribution in [1.82, 2.24) is 9.36 Å². The molecule has 8 heavy (non-hydrogen) atoms. The second kappa shape index (κ2) is 2.34. The van der Waals surface area contributed by atoms with E-state index in [9.17, 15) is 0 Å². The molecule has 2 N–H and O–H groups in total. The molecule has 0 aliphatic heterocycles. The van der Waals surface area contributed by atoms with Crippen LogP contribution in [-0.4, -0.2) is 14.5 Å². The van der Waals surface area contributed by atoms with E-state index in [0.29, 0.717) is 9.78 Å². The lowest BCUT2D eigenvalue weighted by atomic mass is 10.7. The first-order valence-corrected chi connectivity index (χ1v) is 3.20. The number of nitrogens with zero attached hydrogens (tertiary/aromatic N) is 1. The summed E-state index contributed by atoms with van der Waals surface area (Å²) in [5.41, 5.74) is 0. The fourth-order valence-corrected chi connectivity index (χ4v) is 1.03. The lowest BCUT2D eigenvalue weighted by molar-refractivity contribution is 0.273. The fraction of sp³-hybridized carbons (Fsp3) is 0.333. The highest BCUT2D eigenvalue weighted by Gasteiger charge is 1.89. The molecule has 0 aliphatic carbocycles. The first kappa shape index (κ1) is 5.87. The van der Waals surface area contributed by atoms with Crippen LogP contribution < -0.4 is 0 Å². The minimum atomic E-state index is -0.0624. The Morgan fingerprint density at radius 1 is 1.88 bits per heavy atom. The molecule has 0 aliphatic rings. The van der Waals surface area contributed by atoms with E-state index in [1.807, 2.05) is 0 Å². The molecule has 0 radical (unpaired) electrons. The topological polar surface area (TPSA) is 48.9 Å². The van der Waals surface area contributed by atoms with Gasteiger partial charge in [0.05, 0.1) is 0 Å². The second-order valence-electron chi connectivity index (χ2n) is 1.19. The van der Waals surface area contributed by atoms with E-state index in [4.69, 9.17) is 5.11 Å². The molecule has 0 bridgehead atoms. The van der Waals surface area contributed by atoms with Crippen LogP contribution in [0.4, 0.5) is 0 Å². The number of nitrogens with one attached hydrogen (secondary N) is 1. The van der Waals surface area contributed by atoms with Crippen LogP contribution in [0.3, 0.4) is 0 Å². The zero-order valence-corrected chi connectivity index (χ0v) is 5.55. The number of H-pyrrole nitrogens is 1. The van der Waals surface area contributed by atoms with Crippen molar-refractivity contribution < 1.29 is 5.11 Å². The van der Waals surface area contributed by atoms with Crippen LogP contribution in [0.1, 0.15) is 5.82 Å². The average Bonchev–Trinajstić information content (AvgIpc) is 2.14. The third-order valence-corrected chi connectivity index (χ3v) is 1.58. The minimum absolute atomic E-state index is 0.0624. The van der Waals surface area contributed by atoms with Crippen LogP contribution in [0.15, 0.2) is 0 Å². The van der Waals surface area contributed by atoms with Gasteiger partial charge < -0.3 is 5.11 Å². The lowest BCUT2D eigenvalue weighted by Gasteiger charge is -1.78. The van der Waals surface area contributed by atoms with E-state index in [0.717, 1.165) is 0 Å². The summed E-state index contributed by atoms with van der Waals surface area (Å²) in [5.74, 6) is 0.542. The van der Waals surface area contributed by atoms with E-state index < -0.39 is 0 Å². The SMILES string of the molecule is OCc1nc(=S)s[nH]1. The molecule has 1 aromatic heterocycles. The summed E-state index contributed by atoms with van der Waals surface area (Å²) >= 11 is 5.91. The molecule has 0 amide bonds. The van der Waals surface area contributed by atoms with Crippen LogP contribution in [0, 0.1) is 3.95 Å². The standard InChI is InChI=1S/C3H4N2OS2/c6-1-2-4-3(7)8-5-2/h6H,1H2,(H,4,5,7). The van der Waals surface area contributed by atoms with Crippen molar-refractivity contribution in [3.05, 3.63) is 9.78 Å². The average molecular weight is 148 g/mol. The van der Waals surface area contributed by atoms with Gasteiger partial charge in [-0.15, -0.1) is 0 Å². The van der Waals surface area contributed by atoms with Gasteiger partial charge in [0.1, 0.15) is 12.4 Å². The van der Waals surface area contributed by atoms with E-state index in [-0.39, 0.29) is 6.61 Å². The van der Waals surface area contributed by atoms with E-state index in [2.05, 4.69) is 21.6 Å². The Bertz CT molecular complexity index is 215. The first-order valence-electron chi connectivity index (χ1n) is 1.98. The Hall–Kier alpha value is -0.260. The molecular formula is C3H4N2OS2. The maximum Gasteiger partial charge on any atom is 0.198 e. The monoisotopic (exact) mass is 148 g/mol. The molecule has 5 heteroatoms. The number of aromatic amines is 1. The largest absolute Gasteiger partial charge is 0.388 e. The zero-order chi connectivity index (χ0) is 5.98. The summed E-state index contributed by atoms with van der Waals surface area (Å²) in [7, 11) is 0. The molecule has 0 unspecified atom stereocenters.